The molecule has 0 fully saturated rings. The van der Waals surface area contributed by atoms with Crippen LogP contribution in [0.3, 0.4) is 0 Å². The molecule has 14 heavy (non-hydrogen) atoms. The summed E-state index contributed by atoms with van der Waals surface area (Å²) in [5, 5.41) is 0. The molecule has 1 nitrogen and oxygen atoms in total. The van der Waals surface area contributed by atoms with E-state index in [1.54, 1.807) is 0 Å². The Balaban J connectivity index is 2.79. The summed E-state index contributed by atoms with van der Waals surface area (Å²) in [6.07, 6.45) is 0. The van der Waals surface area contributed by atoms with Crippen LogP contribution in [0.25, 0.3) is 0 Å². The topological polar surface area (TPSA) is 9.23 Å². The second-order valence-corrected chi connectivity index (χ2v) is 4.32. The van der Waals surface area contributed by atoms with Crippen molar-refractivity contribution in [3.05, 3.63) is 29.8 Å². The Morgan fingerprint density at radius 2 is 2.00 bits per heavy atom. The van der Waals surface area contributed by atoms with Crippen LogP contribution in [-0.2, 0) is 5.41 Å². The Bertz CT molecular complexity index is 289. The number of ether oxygens (including phenoxy) is 1. The molecule has 1 aromatic carbocycles. The molecule has 0 N–H and O–H groups in total. The summed E-state index contributed by atoms with van der Waals surface area (Å²) in [4.78, 5) is 0. The van der Waals surface area contributed by atoms with Gasteiger partial charge in [-0.3, -0.25) is 0 Å². The van der Waals surface area contributed by atoms with Crippen LogP contribution >= 0.6 is 0 Å². The molecule has 0 atom stereocenters. The number of hydrogen-bond acceptors (Lipinski definition) is 1. The molecular formula is C12H17FO. The van der Waals surface area contributed by atoms with Gasteiger partial charge in [0.05, 0.1) is 0 Å². The van der Waals surface area contributed by atoms with Gasteiger partial charge in [0.15, 0.2) is 0 Å². The summed E-state index contributed by atoms with van der Waals surface area (Å²) in [5.41, 5.74) is 1.31. The Morgan fingerprint density at radius 3 is 2.57 bits per heavy atom. The van der Waals surface area contributed by atoms with Crippen molar-refractivity contribution >= 4 is 0 Å². The molecule has 0 amide bonds. The third-order valence-corrected chi connectivity index (χ3v) is 2.05. The zero-order valence-corrected chi connectivity index (χ0v) is 9.01. The number of halogens is 1. The van der Waals surface area contributed by atoms with Crippen molar-refractivity contribution < 1.29 is 9.13 Å². The summed E-state index contributed by atoms with van der Waals surface area (Å²) < 4.78 is 17.1. The first-order valence-corrected chi connectivity index (χ1v) is 4.83. The fourth-order valence-electron chi connectivity index (χ4n) is 1.21. The molecule has 0 bridgehead atoms. The average molecular weight is 196 g/mol. The van der Waals surface area contributed by atoms with E-state index in [2.05, 4.69) is 26.8 Å². The molecule has 1 rings (SSSR count). The largest absolute Gasteiger partial charge is 0.491 e. The van der Waals surface area contributed by atoms with Crippen molar-refractivity contribution in [1.29, 1.82) is 0 Å². The van der Waals surface area contributed by atoms with E-state index in [9.17, 15) is 4.39 Å². The summed E-state index contributed by atoms with van der Waals surface area (Å²) in [7, 11) is 0. The van der Waals surface area contributed by atoms with Gasteiger partial charge in [0.25, 0.3) is 0 Å². The van der Waals surface area contributed by atoms with Crippen LogP contribution in [0.1, 0.15) is 26.3 Å². The van der Waals surface area contributed by atoms with E-state index in [0.717, 1.165) is 5.75 Å². The lowest BCUT2D eigenvalue weighted by Crippen LogP contribution is -2.11. The van der Waals surface area contributed by atoms with Crippen LogP contribution in [0, 0.1) is 0 Å². The van der Waals surface area contributed by atoms with Gasteiger partial charge in [-0.05, 0) is 23.1 Å². The maximum Gasteiger partial charge on any atom is 0.123 e. The molecule has 0 spiro atoms. The Kier molecular flexibility index (Phi) is 3.50. The van der Waals surface area contributed by atoms with Crippen molar-refractivity contribution in [2.75, 3.05) is 13.3 Å². The maximum atomic E-state index is 11.9. The molecule has 0 radical (unpaired) electrons. The predicted molar refractivity (Wildman–Crippen MR) is 56.6 cm³/mol. The van der Waals surface area contributed by atoms with E-state index in [1.165, 1.54) is 5.56 Å². The summed E-state index contributed by atoms with van der Waals surface area (Å²) >= 11 is 0. The minimum Gasteiger partial charge on any atom is -0.491 e. The van der Waals surface area contributed by atoms with Crippen molar-refractivity contribution in [3.8, 4) is 5.75 Å². The fraction of sp³-hybridized carbons (Fsp3) is 0.500. The first kappa shape index (κ1) is 11.0. The summed E-state index contributed by atoms with van der Waals surface area (Å²) in [6, 6.07) is 7.82. The lowest BCUT2D eigenvalue weighted by Gasteiger charge is -2.19. The lowest BCUT2D eigenvalue weighted by atomic mass is 9.87. The SMILES string of the molecule is CC(C)(C)c1cccc(OCCF)c1. The van der Waals surface area contributed by atoms with Crippen LogP contribution in [0.2, 0.25) is 0 Å². The van der Waals surface area contributed by atoms with Gasteiger partial charge >= 0.3 is 0 Å². The quantitative estimate of drug-likeness (QED) is 0.720. The minimum absolute atomic E-state index is 0.106. The molecular weight excluding hydrogens is 179 g/mol. The average Bonchev–Trinajstić information content (AvgIpc) is 2.14. The first-order chi connectivity index (χ1) is 6.54. The molecule has 0 aliphatic heterocycles. The third-order valence-electron chi connectivity index (χ3n) is 2.05. The van der Waals surface area contributed by atoms with E-state index >= 15 is 0 Å². The van der Waals surface area contributed by atoms with Crippen LogP contribution in [0.4, 0.5) is 4.39 Å². The van der Waals surface area contributed by atoms with Gasteiger partial charge in [-0.25, -0.2) is 4.39 Å². The van der Waals surface area contributed by atoms with Crippen LogP contribution < -0.4 is 4.74 Å². The fourth-order valence-corrected chi connectivity index (χ4v) is 1.21. The molecule has 0 aliphatic carbocycles. The second kappa shape index (κ2) is 4.45. The normalized spacial score (nSPS) is 11.4. The van der Waals surface area contributed by atoms with E-state index in [1.807, 2.05) is 18.2 Å². The molecule has 0 saturated heterocycles. The van der Waals surface area contributed by atoms with Gasteiger partial charge in [0.1, 0.15) is 19.0 Å². The molecule has 78 valence electrons. The molecule has 0 saturated carbocycles. The van der Waals surface area contributed by atoms with E-state index in [4.69, 9.17) is 4.74 Å². The highest BCUT2D eigenvalue weighted by atomic mass is 19.1. The van der Waals surface area contributed by atoms with Gasteiger partial charge in [-0.1, -0.05) is 32.9 Å². The Hall–Kier alpha value is -1.05. The molecule has 0 aromatic heterocycles. The first-order valence-electron chi connectivity index (χ1n) is 4.83. The van der Waals surface area contributed by atoms with E-state index in [-0.39, 0.29) is 12.0 Å². The van der Waals surface area contributed by atoms with Gasteiger partial charge in [-0.2, -0.15) is 0 Å². The van der Waals surface area contributed by atoms with Crippen LogP contribution in [0.15, 0.2) is 24.3 Å². The number of rotatable bonds is 3. The smallest absolute Gasteiger partial charge is 0.123 e. The Morgan fingerprint density at radius 1 is 1.29 bits per heavy atom. The second-order valence-electron chi connectivity index (χ2n) is 4.32. The Labute approximate surface area is 84.9 Å². The predicted octanol–water partition coefficient (Wildman–Crippen LogP) is 3.33. The van der Waals surface area contributed by atoms with E-state index < -0.39 is 6.67 Å². The lowest BCUT2D eigenvalue weighted by molar-refractivity contribution is 0.273. The molecule has 0 unspecified atom stereocenters. The highest BCUT2D eigenvalue weighted by Crippen LogP contribution is 2.25. The van der Waals surface area contributed by atoms with Crippen molar-refractivity contribution in [2.24, 2.45) is 0 Å². The minimum atomic E-state index is -0.445. The van der Waals surface area contributed by atoms with Crippen molar-refractivity contribution in [1.82, 2.24) is 0 Å². The summed E-state index contributed by atoms with van der Waals surface area (Å²) in [5.74, 6) is 0.745. The molecule has 2 heteroatoms. The zero-order valence-electron chi connectivity index (χ0n) is 9.01. The third kappa shape index (κ3) is 3.02. The van der Waals surface area contributed by atoms with Crippen LogP contribution in [0.5, 0.6) is 5.75 Å². The number of benzene rings is 1. The van der Waals surface area contributed by atoms with Crippen molar-refractivity contribution in [2.45, 2.75) is 26.2 Å². The highest BCUT2D eigenvalue weighted by Gasteiger charge is 2.13. The van der Waals surface area contributed by atoms with Gasteiger partial charge < -0.3 is 4.74 Å². The molecule has 0 aliphatic rings. The van der Waals surface area contributed by atoms with Gasteiger partial charge in [-0.15, -0.1) is 0 Å². The van der Waals surface area contributed by atoms with Crippen molar-refractivity contribution in [3.63, 3.8) is 0 Å². The van der Waals surface area contributed by atoms with Crippen LogP contribution in [-0.4, -0.2) is 13.3 Å². The summed E-state index contributed by atoms with van der Waals surface area (Å²) in [6.45, 7) is 6.11. The zero-order chi connectivity index (χ0) is 10.6. The monoisotopic (exact) mass is 196 g/mol. The molecule has 0 heterocycles. The van der Waals surface area contributed by atoms with Gasteiger partial charge in [0, 0.05) is 0 Å². The highest BCUT2D eigenvalue weighted by molar-refractivity contribution is 5.32. The number of hydrogen-bond donors (Lipinski definition) is 0. The number of alkyl halides is 1. The van der Waals surface area contributed by atoms with Gasteiger partial charge in [0.2, 0.25) is 0 Å². The van der Waals surface area contributed by atoms with E-state index in [0.29, 0.717) is 0 Å². The molecule has 1 aromatic rings. The maximum absolute atomic E-state index is 11.9. The standard InChI is InChI=1S/C12H17FO/c1-12(2,3)10-5-4-6-11(9-10)14-8-7-13/h4-6,9H,7-8H2,1-3H3.